The van der Waals surface area contributed by atoms with Crippen molar-refractivity contribution in [2.45, 2.75) is 6.42 Å². The number of hydrogen-bond donors (Lipinski definition) is 0. The number of nitrogens with zero attached hydrogens (tertiary/aromatic N) is 3. The molecule has 7 heteroatoms. The van der Waals surface area contributed by atoms with E-state index in [1.807, 2.05) is 11.9 Å². The molecule has 1 fully saturated rings. The first-order valence-electron chi connectivity index (χ1n) is 6.91. The average Bonchev–Trinajstić information content (AvgIpc) is 2.83. The summed E-state index contributed by atoms with van der Waals surface area (Å²) >= 11 is 5.91. The molecule has 1 aliphatic heterocycles. The first-order valence-corrected chi connectivity index (χ1v) is 7.29. The Hall–Kier alpha value is -1.53. The Balaban J connectivity index is 1.85. The molecule has 0 bridgehead atoms. The summed E-state index contributed by atoms with van der Waals surface area (Å²) in [6.45, 7) is 3.51. The van der Waals surface area contributed by atoms with Crippen LogP contribution < -0.4 is 0 Å². The van der Waals surface area contributed by atoms with E-state index in [1.165, 1.54) is 7.11 Å². The third-order valence-electron chi connectivity index (χ3n) is 3.71. The molecule has 1 aromatic rings. The fourth-order valence-corrected chi connectivity index (χ4v) is 2.67. The van der Waals surface area contributed by atoms with Gasteiger partial charge in [0.15, 0.2) is 0 Å². The number of halogens is 1. The number of rotatable bonds is 4. The largest absolute Gasteiger partial charge is 0.469 e. The van der Waals surface area contributed by atoms with Gasteiger partial charge in [-0.3, -0.25) is 14.5 Å². The second kappa shape index (κ2) is 6.95. The first-order chi connectivity index (χ1) is 10.0. The van der Waals surface area contributed by atoms with Crippen molar-refractivity contribution in [3.8, 4) is 0 Å². The molecule has 6 nitrogen and oxygen atoms in total. The van der Waals surface area contributed by atoms with Crippen LogP contribution in [0.5, 0.6) is 0 Å². The highest BCUT2D eigenvalue weighted by Crippen LogP contribution is 2.15. The Labute approximate surface area is 129 Å². The van der Waals surface area contributed by atoms with Crippen molar-refractivity contribution in [1.82, 2.24) is 14.4 Å². The van der Waals surface area contributed by atoms with Crippen molar-refractivity contribution < 1.29 is 14.3 Å². The first kappa shape index (κ1) is 15.9. The van der Waals surface area contributed by atoms with E-state index in [2.05, 4.69) is 9.64 Å². The lowest BCUT2D eigenvalue weighted by molar-refractivity contribution is -0.141. The number of ether oxygens (including phenoxy) is 1. The van der Waals surface area contributed by atoms with Crippen LogP contribution in [0, 0.1) is 0 Å². The van der Waals surface area contributed by atoms with Crippen molar-refractivity contribution in [3.05, 3.63) is 23.0 Å². The highest BCUT2D eigenvalue weighted by molar-refractivity contribution is 6.31. The number of piperazine rings is 1. The third-order valence-corrected chi connectivity index (χ3v) is 3.92. The number of amides is 1. The number of carbonyl (C=O) groups is 2. The third kappa shape index (κ3) is 3.98. The van der Waals surface area contributed by atoms with Crippen LogP contribution in [-0.2, 0) is 16.6 Å². The number of esters is 1. The van der Waals surface area contributed by atoms with Gasteiger partial charge < -0.3 is 14.2 Å². The predicted octanol–water partition coefficient (Wildman–Crippen LogP) is 0.999. The summed E-state index contributed by atoms with van der Waals surface area (Å²) in [5.41, 5.74) is 0.600. The van der Waals surface area contributed by atoms with Gasteiger partial charge in [0, 0.05) is 46.0 Å². The molecule has 1 amide bonds. The van der Waals surface area contributed by atoms with Gasteiger partial charge in [-0.15, -0.1) is 0 Å². The molecular weight excluding hydrogens is 294 g/mol. The molecule has 2 rings (SSSR count). The molecule has 0 spiro atoms. The standard InChI is InChI=1S/C14H20ClN3O3/c1-16-10-11(15)9-12(16)14(20)18-7-5-17(6-8-18)4-3-13(19)21-2/h9-10H,3-8H2,1-2H3. The molecule has 21 heavy (non-hydrogen) atoms. The van der Waals surface area contributed by atoms with Gasteiger partial charge in [0.2, 0.25) is 0 Å². The molecular formula is C14H20ClN3O3. The van der Waals surface area contributed by atoms with E-state index >= 15 is 0 Å². The maximum Gasteiger partial charge on any atom is 0.306 e. The van der Waals surface area contributed by atoms with Gasteiger partial charge in [0.1, 0.15) is 5.69 Å². The maximum absolute atomic E-state index is 12.4. The Morgan fingerprint density at radius 1 is 1.29 bits per heavy atom. The second-order valence-electron chi connectivity index (χ2n) is 5.11. The van der Waals surface area contributed by atoms with E-state index < -0.39 is 0 Å². The lowest BCUT2D eigenvalue weighted by Crippen LogP contribution is -2.49. The van der Waals surface area contributed by atoms with Gasteiger partial charge in [0.05, 0.1) is 18.6 Å². The quantitative estimate of drug-likeness (QED) is 0.778. The molecule has 0 radical (unpaired) electrons. The molecule has 0 aliphatic carbocycles. The number of aromatic nitrogens is 1. The topological polar surface area (TPSA) is 54.8 Å². The Bertz CT molecular complexity index is 522. The van der Waals surface area contributed by atoms with E-state index in [4.69, 9.17) is 11.6 Å². The Kier molecular flexibility index (Phi) is 5.25. The van der Waals surface area contributed by atoms with Gasteiger partial charge in [-0.25, -0.2) is 0 Å². The zero-order chi connectivity index (χ0) is 15.4. The van der Waals surface area contributed by atoms with Gasteiger partial charge in [-0.05, 0) is 6.07 Å². The summed E-state index contributed by atoms with van der Waals surface area (Å²) in [5.74, 6) is -0.205. The summed E-state index contributed by atoms with van der Waals surface area (Å²) in [4.78, 5) is 27.5. The van der Waals surface area contributed by atoms with Crippen LogP contribution in [-0.4, -0.2) is 66.1 Å². The van der Waals surface area contributed by atoms with E-state index in [-0.39, 0.29) is 11.9 Å². The minimum absolute atomic E-state index is 0.00276. The van der Waals surface area contributed by atoms with Crippen LogP contribution in [0.3, 0.4) is 0 Å². The highest BCUT2D eigenvalue weighted by atomic mass is 35.5. The van der Waals surface area contributed by atoms with Crippen LogP contribution in [0.25, 0.3) is 0 Å². The van der Waals surface area contributed by atoms with Gasteiger partial charge in [-0.2, -0.15) is 0 Å². The molecule has 1 aliphatic rings. The van der Waals surface area contributed by atoms with Gasteiger partial charge >= 0.3 is 5.97 Å². The van der Waals surface area contributed by atoms with Gasteiger partial charge in [0.25, 0.3) is 5.91 Å². The molecule has 0 saturated carbocycles. The van der Waals surface area contributed by atoms with Crippen LogP contribution in [0.1, 0.15) is 16.9 Å². The molecule has 0 aromatic carbocycles. The number of carbonyl (C=O) groups excluding carboxylic acids is 2. The summed E-state index contributed by atoms with van der Waals surface area (Å²) < 4.78 is 6.37. The number of methoxy groups -OCH3 is 1. The SMILES string of the molecule is COC(=O)CCN1CCN(C(=O)c2cc(Cl)cn2C)CC1. The van der Waals surface area contributed by atoms with Crippen molar-refractivity contribution >= 4 is 23.5 Å². The van der Waals surface area contributed by atoms with Crippen molar-refractivity contribution in [3.63, 3.8) is 0 Å². The lowest BCUT2D eigenvalue weighted by Gasteiger charge is -2.34. The zero-order valence-corrected chi connectivity index (χ0v) is 13.1. The summed E-state index contributed by atoms with van der Waals surface area (Å²) in [6, 6.07) is 1.69. The number of aryl methyl sites for hydroxylation is 1. The van der Waals surface area contributed by atoms with E-state index in [1.54, 1.807) is 16.8 Å². The Morgan fingerprint density at radius 2 is 1.95 bits per heavy atom. The van der Waals surface area contributed by atoms with E-state index in [9.17, 15) is 9.59 Å². The van der Waals surface area contributed by atoms with Gasteiger partial charge in [-0.1, -0.05) is 11.6 Å². The molecule has 2 heterocycles. The van der Waals surface area contributed by atoms with Crippen molar-refractivity contribution in [2.24, 2.45) is 7.05 Å². The molecule has 0 N–H and O–H groups in total. The van der Waals surface area contributed by atoms with Crippen molar-refractivity contribution in [1.29, 1.82) is 0 Å². The van der Waals surface area contributed by atoms with Crippen molar-refractivity contribution in [2.75, 3.05) is 39.8 Å². The fourth-order valence-electron chi connectivity index (χ4n) is 2.42. The van der Waals surface area contributed by atoms with Crippen LogP contribution >= 0.6 is 11.6 Å². The van der Waals surface area contributed by atoms with Crippen LogP contribution in [0.4, 0.5) is 0 Å². The van der Waals surface area contributed by atoms with Crippen LogP contribution in [0.2, 0.25) is 5.02 Å². The van der Waals surface area contributed by atoms with E-state index in [0.29, 0.717) is 36.8 Å². The lowest BCUT2D eigenvalue weighted by atomic mass is 10.2. The zero-order valence-electron chi connectivity index (χ0n) is 12.3. The molecule has 1 saturated heterocycles. The normalized spacial score (nSPS) is 16.0. The maximum atomic E-state index is 12.4. The summed E-state index contributed by atoms with van der Waals surface area (Å²) in [5, 5.41) is 0.567. The minimum Gasteiger partial charge on any atom is -0.469 e. The second-order valence-corrected chi connectivity index (χ2v) is 5.55. The minimum atomic E-state index is -0.202. The summed E-state index contributed by atoms with van der Waals surface area (Å²) in [6.07, 6.45) is 2.11. The predicted molar refractivity (Wildman–Crippen MR) is 79.4 cm³/mol. The molecule has 116 valence electrons. The molecule has 1 aromatic heterocycles. The molecule has 0 atom stereocenters. The monoisotopic (exact) mass is 313 g/mol. The smallest absolute Gasteiger partial charge is 0.306 e. The fraction of sp³-hybridized carbons (Fsp3) is 0.571. The Morgan fingerprint density at radius 3 is 2.48 bits per heavy atom. The molecule has 0 unspecified atom stereocenters. The number of hydrogen-bond acceptors (Lipinski definition) is 4. The highest BCUT2D eigenvalue weighted by Gasteiger charge is 2.24. The average molecular weight is 314 g/mol. The van der Waals surface area contributed by atoms with Crippen LogP contribution in [0.15, 0.2) is 12.3 Å². The van der Waals surface area contributed by atoms with E-state index in [0.717, 1.165) is 13.1 Å². The summed E-state index contributed by atoms with van der Waals surface area (Å²) in [7, 11) is 3.20.